The topological polar surface area (TPSA) is 88.1 Å². The maximum atomic E-state index is 12.8. The average molecular weight is 569 g/mol. The van der Waals surface area contributed by atoms with E-state index in [1.165, 1.54) is 37.4 Å². The minimum absolute atomic E-state index is 0.0730. The van der Waals surface area contributed by atoms with Gasteiger partial charge in [0.15, 0.2) is 0 Å². The first-order valence-electron chi connectivity index (χ1n) is 12.1. The van der Waals surface area contributed by atoms with E-state index in [-0.39, 0.29) is 40.9 Å². The SMILES string of the molecule is CCCCCC(OC(C)=O)C(CCC(=O)CCC(COC(C)=O)SC(=S)OCC)SC(=S)OCC. The number of ether oxygens (including phenoxy) is 4. The summed E-state index contributed by atoms with van der Waals surface area (Å²) < 4.78 is 22.3. The smallest absolute Gasteiger partial charge is 0.302 e. The second-order valence-electron chi connectivity index (χ2n) is 7.82. The van der Waals surface area contributed by atoms with Gasteiger partial charge in [0.1, 0.15) is 18.5 Å². The van der Waals surface area contributed by atoms with Gasteiger partial charge in [-0.15, -0.1) is 0 Å². The van der Waals surface area contributed by atoms with Crippen molar-refractivity contribution in [3.8, 4) is 0 Å². The number of hydrogen-bond acceptors (Lipinski definition) is 11. The van der Waals surface area contributed by atoms with Crippen LogP contribution < -0.4 is 0 Å². The molecule has 202 valence electrons. The minimum atomic E-state index is -0.381. The Hall–Kier alpha value is -0.910. The zero-order chi connectivity index (χ0) is 26.6. The van der Waals surface area contributed by atoms with E-state index in [4.69, 9.17) is 43.4 Å². The summed E-state index contributed by atoms with van der Waals surface area (Å²) in [6, 6.07) is 0. The number of carbonyl (C=O) groups excluding carboxylic acids is 3. The lowest BCUT2D eigenvalue weighted by Gasteiger charge is -2.26. The Morgan fingerprint density at radius 3 is 1.91 bits per heavy atom. The van der Waals surface area contributed by atoms with Crippen LogP contribution in [0.3, 0.4) is 0 Å². The van der Waals surface area contributed by atoms with Crippen molar-refractivity contribution in [3.63, 3.8) is 0 Å². The van der Waals surface area contributed by atoms with Crippen LogP contribution in [0.2, 0.25) is 0 Å². The normalized spacial score (nSPS) is 13.3. The Morgan fingerprint density at radius 1 is 0.771 bits per heavy atom. The third-order valence-corrected chi connectivity index (χ3v) is 7.77. The van der Waals surface area contributed by atoms with Gasteiger partial charge < -0.3 is 18.9 Å². The van der Waals surface area contributed by atoms with E-state index in [9.17, 15) is 14.4 Å². The van der Waals surface area contributed by atoms with E-state index in [2.05, 4.69) is 6.92 Å². The molecule has 0 bridgehead atoms. The van der Waals surface area contributed by atoms with Gasteiger partial charge in [-0.05, 0) is 64.0 Å². The fraction of sp³-hybridized carbons (Fsp3) is 0.792. The molecule has 3 unspecified atom stereocenters. The molecule has 0 amide bonds. The highest BCUT2D eigenvalue weighted by Gasteiger charge is 2.27. The first-order valence-corrected chi connectivity index (χ1v) is 14.7. The molecule has 11 heteroatoms. The molecule has 0 saturated carbocycles. The zero-order valence-corrected chi connectivity index (χ0v) is 24.8. The predicted molar refractivity (Wildman–Crippen MR) is 151 cm³/mol. The van der Waals surface area contributed by atoms with Crippen molar-refractivity contribution in [2.45, 2.75) is 103 Å². The van der Waals surface area contributed by atoms with Crippen LogP contribution in [0.1, 0.15) is 86.0 Å². The lowest BCUT2D eigenvalue weighted by molar-refractivity contribution is -0.146. The van der Waals surface area contributed by atoms with Gasteiger partial charge >= 0.3 is 11.9 Å². The van der Waals surface area contributed by atoms with Crippen LogP contribution in [0.5, 0.6) is 0 Å². The van der Waals surface area contributed by atoms with E-state index >= 15 is 0 Å². The number of carbonyl (C=O) groups is 3. The molecule has 0 radical (unpaired) electrons. The molecule has 0 fully saturated rings. The third-order valence-electron chi connectivity index (χ3n) is 4.78. The lowest BCUT2D eigenvalue weighted by Crippen LogP contribution is -2.30. The molecule has 3 atom stereocenters. The quantitative estimate of drug-likeness (QED) is 0.110. The number of hydrogen-bond donors (Lipinski definition) is 0. The number of ketones is 1. The Bertz CT molecular complexity index is 672. The molecule has 0 aromatic rings. The van der Waals surface area contributed by atoms with Gasteiger partial charge in [0, 0.05) is 31.9 Å². The van der Waals surface area contributed by atoms with Crippen molar-refractivity contribution < 1.29 is 33.3 Å². The first-order chi connectivity index (χ1) is 16.6. The molecule has 0 N–H and O–H groups in total. The molecule has 0 spiro atoms. The van der Waals surface area contributed by atoms with Crippen molar-refractivity contribution in [1.82, 2.24) is 0 Å². The molecule has 7 nitrogen and oxygen atoms in total. The predicted octanol–water partition coefficient (Wildman–Crippen LogP) is 6.04. The summed E-state index contributed by atoms with van der Waals surface area (Å²) in [7, 11) is 0. The summed E-state index contributed by atoms with van der Waals surface area (Å²) >= 11 is 13.2. The summed E-state index contributed by atoms with van der Waals surface area (Å²) in [5.74, 6) is -0.654. The Balaban J connectivity index is 5.10. The molecule has 0 saturated heterocycles. The number of esters is 2. The molecular formula is C24H40O7S4. The summed E-state index contributed by atoms with van der Waals surface area (Å²) in [5.41, 5.74) is 0. The van der Waals surface area contributed by atoms with Gasteiger partial charge in [0.2, 0.25) is 8.77 Å². The van der Waals surface area contributed by atoms with Gasteiger partial charge in [-0.2, -0.15) is 0 Å². The van der Waals surface area contributed by atoms with Gasteiger partial charge in [0.05, 0.1) is 18.5 Å². The molecule has 0 aromatic heterocycles. The minimum Gasteiger partial charge on any atom is -0.479 e. The van der Waals surface area contributed by atoms with E-state index in [1.54, 1.807) is 0 Å². The van der Waals surface area contributed by atoms with E-state index in [0.29, 0.717) is 54.1 Å². The van der Waals surface area contributed by atoms with E-state index in [1.807, 2.05) is 13.8 Å². The van der Waals surface area contributed by atoms with Crippen molar-refractivity contribution >= 4 is 74.4 Å². The van der Waals surface area contributed by atoms with Gasteiger partial charge in [-0.25, -0.2) is 0 Å². The second kappa shape index (κ2) is 21.2. The summed E-state index contributed by atoms with van der Waals surface area (Å²) in [4.78, 5) is 35.7. The van der Waals surface area contributed by atoms with Crippen LogP contribution in [-0.4, -0.2) is 62.9 Å². The van der Waals surface area contributed by atoms with Crippen LogP contribution >= 0.6 is 48.0 Å². The number of thiocarbonyl (C=S) groups is 2. The number of rotatable bonds is 18. The van der Waals surface area contributed by atoms with Gasteiger partial charge in [-0.1, -0.05) is 43.3 Å². The molecule has 0 aliphatic carbocycles. The molecule has 35 heavy (non-hydrogen) atoms. The van der Waals surface area contributed by atoms with Crippen LogP contribution in [0.25, 0.3) is 0 Å². The molecule has 0 aliphatic rings. The third kappa shape index (κ3) is 18.9. The van der Waals surface area contributed by atoms with Crippen LogP contribution in [-0.2, 0) is 33.3 Å². The highest BCUT2D eigenvalue weighted by molar-refractivity contribution is 8.23. The number of thioether (sulfide) groups is 2. The maximum absolute atomic E-state index is 12.8. The number of unbranched alkanes of at least 4 members (excludes halogenated alkanes) is 2. The number of Topliss-reactive ketones (excluding diaryl/α,β-unsaturated/α-hetero) is 1. The second-order valence-corrected chi connectivity index (χ2v) is 11.6. The highest BCUT2D eigenvalue weighted by atomic mass is 32.2. The van der Waals surface area contributed by atoms with Crippen LogP contribution in [0, 0.1) is 0 Å². The zero-order valence-electron chi connectivity index (χ0n) is 21.5. The summed E-state index contributed by atoms with van der Waals surface area (Å²) in [5, 5.41) is -0.337. The van der Waals surface area contributed by atoms with Crippen molar-refractivity contribution in [2.75, 3.05) is 19.8 Å². The maximum Gasteiger partial charge on any atom is 0.302 e. The Morgan fingerprint density at radius 2 is 1.37 bits per heavy atom. The van der Waals surface area contributed by atoms with Gasteiger partial charge in [0.25, 0.3) is 0 Å². The van der Waals surface area contributed by atoms with Crippen molar-refractivity contribution in [2.24, 2.45) is 0 Å². The Labute approximate surface area is 229 Å². The monoisotopic (exact) mass is 568 g/mol. The highest BCUT2D eigenvalue weighted by Crippen LogP contribution is 2.29. The molecule has 0 aliphatic heterocycles. The molecule has 0 aromatic carbocycles. The van der Waals surface area contributed by atoms with Crippen molar-refractivity contribution in [3.05, 3.63) is 0 Å². The van der Waals surface area contributed by atoms with Crippen LogP contribution in [0.4, 0.5) is 0 Å². The molecule has 0 rings (SSSR count). The van der Waals surface area contributed by atoms with Gasteiger partial charge in [-0.3, -0.25) is 14.4 Å². The van der Waals surface area contributed by atoms with E-state index < -0.39 is 0 Å². The molecular weight excluding hydrogens is 529 g/mol. The summed E-state index contributed by atoms with van der Waals surface area (Å²) in [6.45, 7) is 9.63. The largest absolute Gasteiger partial charge is 0.479 e. The fourth-order valence-electron chi connectivity index (χ4n) is 3.15. The van der Waals surface area contributed by atoms with Crippen LogP contribution in [0.15, 0.2) is 0 Å². The molecule has 0 heterocycles. The average Bonchev–Trinajstić information content (AvgIpc) is 2.77. The lowest BCUT2D eigenvalue weighted by atomic mass is 10.0. The Kier molecular flexibility index (Phi) is 20.7. The first kappa shape index (κ1) is 34.1. The van der Waals surface area contributed by atoms with E-state index in [0.717, 1.165) is 19.3 Å². The standard InChI is InChI=1S/C24H40O7S4/c1-6-9-10-11-21(31-18(5)26)22(35-24(33)29-8-3)15-13-19(27)12-14-20(16-30-17(4)25)34-23(32)28-7-2/h20-22H,6-16H2,1-5H3. The summed E-state index contributed by atoms with van der Waals surface area (Å²) in [6.07, 6.45) is 5.04. The fourth-order valence-corrected chi connectivity index (χ4v) is 6.01. The van der Waals surface area contributed by atoms with Crippen molar-refractivity contribution in [1.29, 1.82) is 0 Å².